The van der Waals surface area contributed by atoms with Crippen molar-refractivity contribution in [2.45, 2.75) is 18.7 Å². The molecule has 1 aromatic rings. The summed E-state index contributed by atoms with van der Waals surface area (Å²) in [4.78, 5) is 0.119. The van der Waals surface area contributed by atoms with E-state index >= 15 is 0 Å². The van der Waals surface area contributed by atoms with Crippen molar-refractivity contribution < 1.29 is 8.42 Å². The first-order valence-electron chi connectivity index (χ1n) is 4.51. The third-order valence-electron chi connectivity index (χ3n) is 1.72. The average Bonchev–Trinajstić information content (AvgIpc) is 2.42. The van der Waals surface area contributed by atoms with Gasteiger partial charge in [0.25, 0.3) is 0 Å². The van der Waals surface area contributed by atoms with Crippen molar-refractivity contribution in [3.8, 4) is 0 Å². The Labute approximate surface area is 93.8 Å². The Morgan fingerprint density at radius 3 is 2.60 bits per heavy atom. The third-order valence-corrected chi connectivity index (χ3v) is 3.82. The van der Waals surface area contributed by atoms with Gasteiger partial charge in [0, 0.05) is 12.8 Å². The van der Waals surface area contributed by atoms with Crippen LogP contribution in [0.3, 0.4) is 0 Å². The number of nitrogens with one attached hydrogen (secondary N) is 1. The molecule has 0 radical (unpaired) electrons. The van der Waals surface area contributed by atoms with Crippen molar-refractivity contribution in [2.24, 2.45) is 5.92 Å². The summed E-state index contributed by atoms with van der Waals surface area (Å²) in [6.07, 6.45) is 1.13. The second-order valence-corrected chi connectivity index (χ2v) is 6.50. The van der Waals surface area contributed by atoms with Crippen LogP contribution in [0.4, 0.5) is 10.8 Å². The first-order chi connectivity index (χ1) is 6.82. The SMILES string of the molecule is CC(C)CNc1snc(N)c1S(C)(=O)=O. The first kappa shape index (κ1) is 12.3. The van der Waals surface area contributed by atoms with Crippen molar-refractivity contribution in [1.82, 2.24) is 4.37 Å². The molecule has 0 aliphatic carbocycles. The largest absolute Gasteiger partial charge is 0.382 e. The molecule has 0 spiro atoms. The molecule has 1 heterocycles. The summed E-state index contributed by atoms with van der Waals surface area (Å²) in [5.41, 5.74) is 5.51. The number of hydrogen-bond acceptors (Lipinski definition) is 6. The smallest absolute Gasteiger partial charge is 0.182 e. The van der Waals surface area contributed by atoms with Crippen LogP contribution in [0.1, 0.15) is 13.8 Å². The summed E-state index contributed by atoms with van der Waals surface area (Å²) in [6.45, 7) is 4.78. The summed E-state index contributed by atoms with van der Waals surface area (Å²) in [5, 5.41) is 3.57. The van der Waals surface area contributed by atoms with E-state index in [9.17, 15) is 8.42 Å². The van der Waals surface area contributed by atoms with Gasteiger partial charge in [-0.25, -0.2) is 8.42 Å². The summed E-state index contributed by atoms with van der Waals surface area (Å²) in [7, 11) is -3.31. The van der Waals surface area contributed by atoms with E-state index in [-0.39, 0.29) is 10.7 Å². The lowest BCUT2D eigenvalue weighted by Crippen LogP contribution is -2.10. The zero-order chi connectivity index (χ0) is 11.6. The van der Waals surface area contributed by atoms with Gasteiger partial charge in [-0.1, -0.05) is 13.8 Å². The van der Waals surface area contributed by atoms with E-state index in [1.165, 1.54) is 0 Å². The van der Waals surface area contributed by atoms with Crippen LogP contribution in [-0.4, -0.2) is 25.6 Å². The van der Waals surface area contributed by atoms with E-state index in [1.54, 1.807) is 0 Å². The zero-order valence-electron chi connectivity index (χ0n) is 8.94. The van der Waals surface area contributed by atoms with Gasteiger partial charge in [0.15, 0.2) is 15.7 Å². The minimum Gasteiger partial charge on any atom is -0.382 e. The zero-order valence-corrected chi connectivity index (χ0v) is 10.6. The molecule has 0 bridgehead atoms. The van der Waals surface area contributed by atoms with E-state index in [1.807, 2.05) is 13.8 Å². The number of aromatic nitrogens is 1. The summed E-state index contributed by atoms with van der Waals surface area (Å²) < 4.78 is 26.7. The molecule has 5 nitrogen and oxygen atoms in total. The Balaban J connectivity index is 3.00. The first-order valence-corrected chi connectivity index (χ1v) is 7.18. The minimum atomic E-state index is -3.31. The molecule has 0 saturated heterocycles. The van der Waals surface area contributed by atoms with E-state index in [2.05, 4.69) is 9.69 Å². The Morgan fingerprint density at radius 2 is 2.13 bits per heavy atom. The normalized spacial score (nSPS) is 12.0. The molecule has 0 unspecified atom stereocenters. The summed E-state index contributed by atoms with van der Waals surface area (Å²) >= 11 is 1.08. The van der Waals surface area contributed by atoms with Gasteiger partial charge < -0.3 is 11.1 Å². The molecule has 0 fully saturated rings. The lowest BCUT2D eigenvalue weighted by Gasteiger charge is -2.07. The van der Waals surface area contributed by atoms with Gasteiger partial charge in [-0.2, -0.15) is 4.37 Å². The molecule has 1 aromatic heterocycles. The van der Waals surface area contributed by atoms with E-state index in [0.29, 0.717) is 17.5 Å². The molecule has 3 N–H and O–H groups in total. The maximum Gasteiger partial charge on any atom is 0.182 e. The highest BCUT2D eigenvalue weighted by Gasteiger charge is 2.20. The predicted molar refractivity (Wildman–Crippen MR) is 63.0 cm³/mol. The van der Waals surface area contributed by atoms with Crippen molar-refractivity contribution in [2.75, 3.05) is 23.9 Å². The van der Waals surface area contributed by atoms with Crippen LogP contribution in [0.5, 0.6) is 0 Å². The van der Waals surface area contributed by atoms with Crippen LogP contribution < -0.4 is 11.1 Å². The lowest BCUT2D eigenvalue weighted by molar-refractivity contribution is 0.602. The molecule has 0 saturated carbocycles. The Hall–Kier alpha value is -0.820. The Kier molecular flexibility index (Phi) is 3.56. The minimum absolute atomic E-state index is 0.0776. The van der Waals surface area contributed by atoms with Crippen molar-refractivity contribution >= 4 is 32.2 Å². The van der Waals surface area contributed by atoms with Crippen LogP contribution in [0.25, 0.3) is 0 Å². The van der Waals surface area contributed by atoms with Crippen LogP contribution in [0, 0.1) is 5.92 Å². The monoisotopic (exact) mass is 249 g/mol. The number of nitrogen functional groups attached to an aromatic ring is 1. The molecule has 0 amide bonds. The van der Waals surface area contributed by atoms with E-state index in [4.69, 9.17) is 5.73 Å². The van der Waals surface area contributed by atoms with Gasteiger partial charge in [0.1, 0.15) is 9.90 Å². The number of nitrogens with two attached hydrogens (primary N) is 1. The van der Waals surface area contributed by atoms with Gasteiger partial charge in [-0.3, -0.25) is 0 Å². The summed E-state index contributed by atoms with van der Waals surface area (Å²) in [6, 6.07) is 0. The maximum atomic E-state index is 11.4. The van der Waals surface area contributed by atoms with Gasteiger partial charge in [-0.15, -0.1) is 0 Å². The molecule has 0 atom stereocenters. The lowest BCUT2D eigenvalue weighted by atomic mass is 10.2. The predicted octanol–water partition coefficient (Wildman–Crippen LogP) is 1.20. The van der Waals surface area contributed by atoms with Gasteiger partial charge in [0.05, 0.1) is 0 Å². The number of sulfone groups is 1. The van der Waals surface area contributed by atoms with Crippen molar-refractivity contribution in [3.63, 3.8) is 0 Å². The highest BCUT2D eigenvalue weighted by Crippen LogP contribution is 2.31. The number of anilines is 2. The molecule has 15 heavy (non-hydrogen) atoms. The molecule has 1 rings (SSSR count). The fourth-order valence-electron chi connectivity index (χ4n) is 1.06. The average molecular weight is 249 g/mol. The molecular formula is C8H15N3O2S2. The quantitative estimate of drug-likeness (QED) is 0.837. The molecule has 0 aliphatic heterocycles. The summed E-state index contributed by atoms with van der Waals surface area (Å²) in [5.74, 6) is 0.509. The van der Waals surface area contributed by atoms with Crippen molar-refractivity contribution in [1.29, 1.82) is 0 Å². The molecule has 0 aromatic carbocycles. The fraction of sp³-hybridized carbons (Fsp3) is 0.625. The second kappa shape index (κ2) is 4.36. The number of nitrogens with zero attached hydrogens (tertiary/aromatic N) is 1. The second-order valence-electron chi connectivity index (χ2n) is 3.77. The highest BCUT2D eigenvalue weighted by molar-refractivity contribution is 7.91. The standard InChI is InChI=1S/C8H15N3O2S2/c1-5(2)4-10-8-6(15(3,12)13)7(9)11-14-8/h5,10H,4H2,1-3H3,(H2,9,11). The van der Waals surface area contributed by atoms with Crippen molar-refractivity contribution in [3.05, 3.63) is 0 Å². The number of rotatable bonds is 4. The van der Waals surface area contributed by atoms with Gasteiger partial charge in [-0.05, 0) is 17.5 Å². The molecule has 7 heteroatoms. The van der Waals surface area contributed by atoms with Crippen LogP contribution in [0.2, 0.25) is 0 Å². The third kappa shape index (κ3) is 3.07. The highest BCUT2D eigenvalue weighted by atomic mass is 32.2. The molecule has 0 aliphatic rings. The Bertz CT molecular complexity index is 437. The van der Waals surface area contributed by atoms with Gasteiger partial charge >= 0.3 is 0 Å². The van der Waals surface area contributed by atoms with Crippen LogP contribution in [0.15, 0.2) is 4.90 Å². The molecular weight excluding hydrogens is 234 g/mol. The maximum absolute atomic E-state index is 11.4. The topological polar surface area (TPSA) is 85.1 Å². The van der Waals surface area contributed by atoms with Crippen LogP contribution in [-0.2, 0) is 9.84 Å². The van der Waals surface area contributed by atoms with E-state index in [0.717, 1.165) is 17.8 Å². The molecule has 86 valence electrons. The van der Waals surface area contributed by atoms with E-state index < -0.39 is 9.84 Å². The van der Waals surface area contributed by atoms with Crippen LogP contribution >= 0.6 is 11.5 Å². The fourth-order valence-corrected chi connectivity index (χ4v) is 3.14. The van der Waals surface area contributed by atoms with Gasteiger partial charge in [0.2, 0.25) is 0 Å². The Morgan fingerprint density at radius 1 is 1.53 bits per heavy atom. The number of hydrogen-bond donors (Lipinski definition) is 2.